The summed E-state index contributed by atoms with van der Waals surface area (Å²) in [5.41, 5.74) is 1.11. The molecule has 3 fully saturated rings. The average molecular weight is 359 g/mol. The fourth-order valence-corrected chi connectivity index (χ4v) is 4.31. The van der Waals surface area contributed by atoms with E-state index in [4.69, 9.17) is 4.74 Å². The van der Waals surface area contributed by atoms with Gasteiger partial charge in [0.05, 0.1) is 25.4 Å². The van der Waals surface area contributed by atoms with E-state index >= 15 is 0 Å². The Hall–Kier alpha value is -1.63. The van der Waals surface area contributed by atoms with Crippen LogP contribution in [-0.4, -0.2) is 85.4 Å². The average Bonchev–Trinajstić information content (AvgIpc) is 3.32. The number of carbonyl (C=O) groups is 1. The fraction of sp³-hybridized carbons (Fsp3) is 0.650. The Morgan fingerprint density at radius 1 is 1.04 bits per heavy atom. The lowest BCUT2D eigenvalue weighted by molar-refractivity contribution is -0.0257. The van der Waals surface area contributed by atoms with Crippen molar-refractivity contribution in [2.75, 3.05) is 63.9 Å². The molecule has 0 spiro atoms. The zero-order chi connectivity index (χ0) is 18.0. The molecule has 1 aromatic carbocycles. The molecule has 6 nitrogen and oxygen atoms in total. The molecule has 0 saturated carbocycles. The van der Waals surface area contributed by atoms with Gasteiger partial charge in [-0.3, -0.25) is 9.69 Å². The molecule has 3 aliphatic rings. The molecule has 142 valence electrons. The van der Waals surface area contributed by atoms with Gasteiger partial charge in [-0.25, -0.2) is 0 Å². The van der Waals surface area contributed by atoms with Crippen LogP contribution < -0.4 is 4.90 Å². The molecule has 1 aromatic rings. The van der Waals surface area contributed by atoms with Crippen LogP contribution in [0.25, 0.3) is 0 Å². The number of ether oxygens (including phenoxy) is 1. The van der Waals surface area contributed by atoms with Gasteiger partial charge in [-0.05, 0) is 43.5 Å². The van der Waals surface area contributed by atoms with Gasteiger partial charge in [0, 0.05) is 50.5 Å². The third-order valence-corrected chi connectivity index (χ3v) is 5.83. The van der Waals surface area contributed by atoms with Gasteiger partial charge >= 0.3 is 0 Å². The molecule has 3 heterocycles. The van der Waals surface area contributed by atoms with E-state index in [0.29, 0.717) is 31.6 Å². The minimum atomic E-state index is -0.803. The molecule has 6 heteroatoms. The standard InChI is InChI=1S/C20H29N3O3/c24-19(17-3-5-18(6-4-17)22-8-1-2-9-22)23-10-7-20(25,16-23)15-21-11-13-26-14-12-21/h3-6,25H,1-2,7-16H2/t20-/m0/s1. The Morgan fingerprint density at radius 2 is 1.73 bits per heavy atom. The van der Waals surface area contributed by atoms with E-state index in [9.17, 15) is 9.90 Å². The first-order valence-corrected chi connectivity index (χ1v) is 9.80. The van der Waals surface area contributed by atoms with Gasteiger partial charge in [-0.2, -0.15) is 0 Å². The number of hydrogen-bond acceptors (Lipinski definition) is 5. The van der Waals surface area contributed by atoms with Crippen molar-refractivity contribution >= 4 is 11.6 Å². The van der Waals surface area contributed by atoms with Gasteiger partial charge < -0.3 is 19.6 Å². The lowest BCUT2D eigenvalue weighted by Gasteiger charge is -2.33. The monoisotopic (exact) mass is 359 g/mol. The number of likely N-dealkylation sites (tertiary alicyclic amines) is 1. The Kier molecular flexibility index (Phi) is 5.16. The van der Waals surface area contributed by atoms with Crippen molar-refractivity contribution in [3.8, 4) is 0 Å². The SMILES string of the molecule is O=C(c1ccc(N2CCCC2)cc1)N1CC[C@](O)(CN2CCOCC2)C1. The van der Waals surface area contributed by atoms with E-state index in [0.717, 1.165) is 39.4 Å². The topological polar surface area (TPSA) is 56.2 Å². The highest BCUT2D eigenvalue weighted by Gasteiger charge is 2.39. The second-order valence-electron chi connectivity index (χ2n) is 7.83. The van der Waals surface area contributed by atoms with E-state index in [1.54, 1.807) is 4.90 Å². The highest BCUT2D eigenvalue weighted by molar-refractivity contribution is 5.94. The number of β-amino-alcohol motifs (C(OH)–C–C–N with tert-alkyl or cyclic N) is 1. The summed E-state index contributed by atoms with van der Waals surface area (Å²) in [6.07, 6.45) is 3.13. The highest BCUT2D eigenvalue weighted by Crippen LogP contribution is 2.26. The summed E-state index contributed by atoms with van der Waals surface area (Å²) in [4.78, 5) is 19.2. The highest BCUT2D eigenvalue weighted by atomic mass is 16.5. The maximum absolute atomic E-state index is 12.8. The van der Waals surface area contributed by atoms with Crippen LogP contribution in [0.2, 0.25) is 0 Å². The third kappa shape index (κ3) is 3.87. The van der Waals surface area contributed by atoms with Gasteiger partial charge in [0.15, 0.2) is 0 Å². The molecule has 0 bridgehead atoms. The number of carbonyl (C=O) groups excluding carboxylic acids is 1. The van der Waals surface area contributed by atoms with E-state index in [1.807, 2.05) is 12.1 Å². The van der Waals surface area contributed by atoms with Gasteiger partial charge in [0.1, 0.15) is 0 Å². The largest absolute Gasteiger partial charge is 0.387 e. The summed E-state index contributed by atoms with van der Waals surface area (Å²) in [6.45, 7) is 7.02. The zero-order valence-electron chi connectivity index (χ0n) is 15.4. The summed E-state index contributed by atoms with van der Waals surface area (Å²) in [7, 11) is 0. The molecular formula is C20H29N3O3. The van der Waals surface area contributed by atoms with Crippen molar-refractivity contribution in [3.63, 3.8) is 0 Å². The van der Waals surface area contributed by atoms with Crippen molar-refractivity contribution in [1.82, 2.24) is 9.80 Å². The minimum absolute atomic E-state index is 0.0240. The Labute approximate surface area is 155 Å². The second-order valence-corrected chi connectivity index (χ2v) is 7.83. The van der Waals surface area contributed by atoms with E-state index < -0.39 is 5.60 Å². The normalized spacial score (nSPS) is 27.3. The van der Waals surface area contributed by atoms with Crippen LogP contribution in [0.3, 0.4) is 0 Å². The quantitative estimate of drug-likeness (QED) is 0.875. The first-order valence-electron chi connectivity index (χ1n) is 9.80. The summed E-state index contributed by atoms with van der Waals surface area (Å²) in [6, 6.07) is 7.95. The Balaban J connectivity index is 1.36. The lowest BCUT2D eigenvalue weighted by atomic mass is 10.0. The number of rotatable bonds is 4. The second kappa shape index (κ2) is 7.55. The molecule has 0 aromatic heterocycles. The first kappa shape index (κ1) is 17.8. The van der Waals surface area contributed by atoms with Crippen molar-refractivity contribution in [1.29, 1.82) is 0 Å². The molecule has 26 heavy (non-hydrogen) atoms. The molecule has 3 aliphatic heterocycles. The molecule has 0 radical (unpaired) electrons. The summed E-state index contributed by atoms with van der Waals surface area (Å²) < 4.78 is 5.37. The van der Waals surface area contributed by atoms with Gasteiger partial charge in [-0.1, -0.05) is 0 Å². The maximum atomic E-state index is 12.8. The van der Waals surface area contributed by atoms with E-state index in [1.165, 1.54) is 18.5 Å². The molecule has 0 aliphatic carbocycles. The van der Waals surface area contributed by atoms with Crippen LogP contribution in [0.5, 0.6) is 0 Å². The van der Waals surface area contributed by atoms with Gasteiger partial charge in [0.25, 0.3) is 5.91 Å². The number of aliphatic hydroxyl groups is 1. The molecular weight excluding hydrogens is 330 g/mol. The summed E-state index contributed by atoms with van der Waals surface area (Å²) >= 11 is 0. The predicted molar refractivity (Wildman–Crippen MR) is 101 cm³/mol. The molecule has 0 unspecified atom stereocenters. The maximum Gasteiger partial charge on any atom is 0.253 e. The van der Waals surface area contributed by atoms with Crippen LogP contribution in [-0.2, 0) is 4.74 Å². The molecule has 4 rings (SSSR count). The third-order valence-electron chi connectivity index (χ3n) is 5.83. The summed E-state index contributed by atoms with van der Waals surface area (Å²) in [5, 5.41) is 10.9. The summed E-state index contributed by atoms with van der Waals surface area (Å²) in [5.74, 6) is 0.0240. The van der Waals surface area contributed by atoms with Crippen molar-refractivity contribution < 1.29 is 14.6 Å². The van der Waals surface area contributed by atoms with Crippen LogP contribution in [0, 0.1) is 0 Å². The fourth-order valence-electron chi connectivity index (χ4n) is 4.31. The Bertz CT molecular complexity index is 624. The smallest absolute Gasteiger partial charge is 0.253 e. The molecule has 3 saturated heterocycles. The number of amides is 1. The van der Waals surface area contributed by atoms with Gasteiger partial charge in [0.2, 0.25) is 0 Å². The van der Waals surface area contributed by atoms with Crippen LogP contribution >= 0.6 is 0 Å². The van der Waals surface area contributed by atoms with E-state index in [2.05, 4.69) is 21.9 Å². The predicted octanol–water partition coefficient (Wildman–Crippen LogP) is 1.20. The molecule has 1 atom stereocenters. The number of anilines is 1. The number of nitrogens with zero attached hydrogens (tertiary/aromatic N) is 3. The Morgan fingerprint density at radius 3 is 2.42 bits per heavy atom. The van der Waals surface area contributed by atoms with E-state index in [-0.39, 0.29) is 5.91 Å². The van der Waals surface area contributed by atoms with Crippen molar-refractivity contribution in [2.45, 2.75) is 24.9 Å². The number of benzene rings is 1. The van der Waals surface area contributed by atoms with Crippen LogP contribution in [0.1, 0.15) is 29.6 Å². The van der Waals surface area contributed by atoms with Crippen LogP contribution in [0.15, 0.2) is 24.3 Å². The molecule has 1 amide bonds. The van der Waals surface area contributed by atoms with Crippen molar-refractivity contribution in [3.05, 3.63) is 29.8 Å². The van der Waals surface area contributed by atoms with Crippen molar-refractivity contribution in [2.24, 2.45) is 0 Å². The van der Waals surface area contributed by atoms with Crippen LogP contribution in [0.4, 0.5) is 5.69 Å². The van der Waals surface area contributed by atoms with Gasteiger partial charge in [-0.15, -0.1) is 0 Å². The zero-order valence-corrected chi connectivity index (χ0v) is 15.4. The number of morpholine rings is 1. The molecule has 1 N–H and O–H groups in total. The first-order chi connectivity index (χ1) is 12.6. The lowest BCUT2D eigenvalue weighted by Crippen LogP contribution is -2.49. The minimum Gasteiger partial charge on any atom is -0.387 e. The number of hydrogen-bond donors (Lipinski definition) is 1.